The summed E-state index contributed by atoms with van der Waals surface area (Å²) in [6.45, 7) is 0.763. The second kappa shape index (κ2) is 11.8. The van der Waals surface area contributed by atoms with Crippen molar-refractivity contribution in [2.45, 2.75) is 44.9 Å². The third-order valence-corrected chi connectivity index (χ3v) is 5.04. The number of alkyl halides is 1. The number of rotatable bonds is 11. The molecule has 0 saturated heterocycles. The topological polar surface area (TPSA) is 18.5 Å². The van der Waals surface area contributed by atoms with Crippen molar-refractivity contribution in [1.82, 2.24) is 0 Å². The maximum atomic E-state index is 5.82. The van der Waals surface area contributed by atoms with Crippen LogP contribution in [-0.4, -0.2) is 19.0 Å². The molecular formula is C16H23Br3O2. The molecule has 0 radical (unpaired) electrons. The summed E-state index contributed by atoms with van der Waals surface area (Å²) in [5.41, 5.74) is 0. The maximum absolute atomic E-state index is 5.82. The van der Waals surface area contributed by atoms with Crippen molar-refractivity contribution in [2.75, 3.05) is 19.0 Å². The van der Waals surface area contributed by atoms with Crippen LogP contribution in [0.1, 0.15) is 44.9 Å². The van der Waals surface area contributed by atoms with Crippen LogP contribution in [0.5, 0.6) is 11.5 Å². The van der Waals surface area contributed by atoms with E-state index in [2.05, 4.69) is 47.8 Å². The minimum absolute atomic E-state index is 0.763. The van der Waals surface area contributed by atoms with Crippen molar-refractivity contribution < 1.29 is 9.47 Å². The van der Waals surface area contributed by atoms with Crippen LogP contribution in [0.3, 0.4) is 0 Å². The van der Waals surface area contributed by atoms with Gasteiger partial charge in [-0.1, -0.05) is 48.0 Å². The highest BCUT2D eigenvalue weighted by molar-refractivity contribution is 9.11. The number of methoxy groups -OCH3 is 1. The summed E-state index contributed by atoms with van der Waals surface area (Å²) in [6.07, 6.45) is 8.98. The van der Waals surface area contributed by atoms with E-state index >= 15 is 0 Å². The van der Waals surface area contributed by atoms with E-state index in [0.29, 0.717) is 0 Å². The van der Waals surface area contributed by atoms with Crippen LogP contribution in [-0.2, 0) is 0 Å². The van der Waals surface area contributed by atoms with Gasteiger partial charge in [-0.15, -0.1) is 0 Å². The van der Waals surface area contributed by atoms with Crippen LogP contribution >= 0.6 is 47.8 Å². The van der Waals surface area contributed by atoms with Gasteiger partial charge in [-0.25, -0.2) is 0 Å². The highest BCUT2D eigenvalue weighted by Gasteiger charge is 2.07. The van der Waals surface area contributed by atoms with Crippen molar-refractivity contribution in [3.05, 3.63) is 21.1 Å². The average molecular weight is 487 g/mol. The lowest BCUT2D eigenvalue weighted by molar-refractivity contribution is 0.301. The Morgan fingerprint density at radius 2 is 1.33 bits per heavy atom. The Balaban J connectivity index is 2.17. The van der Waals surface area contributed by atoms with Crippen molar-refractivity contribution in [1.29, 1.82) is 0 Å². The van der Waals surface area contributed by atoms with Crippen LogP contribution in [0.2, 0.25) is 0 Å². The highest BCUT2D eigenvalue weighted by Crippen LogP contribution is 2.36. The fraction of sp³-hybridized carbons (Fsp3) is 0.625. The quantitative estimate of drug-likeness (QED) is 0.255. The minimum Gasteiger partial charge on any atom is -0.496 e. The van der Waals surface area contributed by atoms with E-state index in [4.69, 9.17) is 9.47 Å². The van der Waals surface area contributed by atoms with E-state index in [1.165, 1.54) is 38.5 Å². The Morgan fingerprint density at radius 1 is 0.810 bits per heavy atom. The molecule has 0 atom stereocenters. The van der Waals surface area contributed by atoms with Crippen molar-refractivity contribution >= 4 is 47.8 Å². The molecule has 0 aliphatic carbocycles. The molecule has 1 rings (SSSR count). The van der Waals surface area contributed by atoms with Gasteiger partial charge in [-0.3, -0.25) is 0 Å². The summed E-state index contributed by atoms with van der Waals surface area (Å²) in [6, 6.07) is 3.87. The molecule has 0 aromatic heterocycles. The molecule has 0 bridgehead atoms. The zero-order valence-corrected chi connectivity index (χ0v) is 17.2. The molecule has 0 fully saturated rings. The molecule has 120 valence electrons. The first kappa shape index (κ1) is 19.3. The van der Waals surface area contributed by atoms with Gasteiger partial charge in [0.1, 0.15) is 11.5 Å². The van der Waals surface area contributed by atoms with Gasteiger partial charge >= 0.3 is 0 Å². The zero-order chi connectivity index (χ0) is 15.5. The molecular weight excluding hydrogens is 464 g/mol. The fourth-order valence-corrected chi connectivity index (χ4v) is 3.36. The standard InChI is InChI=1S/C16H23Br3O2/c1-20-15-11-14(19)16(12-13(15)18)21-10-8-6-4-2-3-5-7-9-17/h11-12H,2-10H2,1H3. The van der Waals surface area contributed by atoms with Gasteiger partial charge in [-0.2, -0.15) is 0 Å². The first-order chi connectivity index (χ1) is 10.2. The summed E-state index contributed by atoms with van der Waals surface area (Å²) in [7, 11) is 1.66. The number of unbranched alkanes of at least 4 members (excludes halogenated alkanes) is 6. The van der Waals surface area contributed by atoms with E-state index in [1.807, 2.05) is 12.1 Å². The minimum atomic E-state index is 0.763. The van der Waals surface area contributed by atoms with Crippen LogP contribution in [0, 0.1) is 0 Å². The van der Waals surface area contributed by atoms with Crippen LogP contribution < -0.4 is 9.47 Å². The summed E-state index contributed by atoms with van der Waals surface area (Å²) in [4.78, 5) is 0. The monoisotopic (exact) mass is 484 g/mol. The Labute approximate surface area is 153 Å². The number of hydrogen-bond acceptors (Lipinski definition) is 2. The largest absolute Gasteiger partial charge is 0.496 e. The summed E-state index contributed by atoms with van der Waals surface area (Å²) in [5, 5.41) is 1.13. The Kier molecular flexibility index (Phi) is 10.8. The number of hydrogen-bond donors (Lipinski definition) is 0. The number of halogens is 3. The van der Waals surface area contributed by atoms with Gasteiger partial charge in [0.05, 0.1) is 22.7 Å². The summed E-state index contributed by atoms with van der Waals surface area (Å²) in [5.74, 6) is 1.66. The van der Waals surface area contributed by atoms with Gasteiger partial charge in [0.2, 0.25) is 0 Å². The van der Waals surface area contributed by atoms with Crippen LogP contribution in [0.25, 0.3) is 0 Å². The molecule has 0 saturated carbocycles. The molecule has 0 aliphatic rings. The first-order valence-corrected chi connectivity index (χ1v) is 10.1. The lowest BCUT2D eigenvalue weighted by Gasteiger charge is -2.11. The van der Waals surface area contributed by atoms with E-state index in [-0.39, 0.29) is 0 Å². The van der Waals surface area contributed by atoms with Crippen LogP contribution in [0.4, 0.5) is 0 Å². The summed E-state index contributed by atoms with van der Waals surface area (Å²) >= 11 is 10.4. The SMILES string of the molecule is COc1cc(Br)c(OCCCCCCCCCBr)cc1Br. The normalized spacial score (nSPS) is 10.7. The van der Waals surface area contributed by atoms with Gasteiger partial charge < -0.3 is 9.47 Å². The van der Waals surface area contributed by atoms with Gasteiger partial charge in [0.25, 0.3) is 0 Å². The lowest BCUT2D eigenvalue weighted by atomic mass is 10.1. The maximum Gasteiger partial charge on any atom is 0.134 e. The van der Waals surface area contributed by atoms with Crippen LogP contribution in [0.15, 0.2) is 21.1 Å². The number of ether oxygens (including phenoxy) is 2. The molecule has 5 heteroatoms. The van der Waals surface area contributed by atoms with E-state index in [1.54, 1.807) is 7.11 Å². The molecule has 0 spiro atoms. The Morgan fingerprint density at radius 3 is 1.95 bits per heavy atom. The average Bonchev–Trinajstić information content (AvgIpc) is 2.48. The molecule has 0 heterocycles. The number of benzene rings is 1. The molecule has 21 heavy (non-hydrogen) atoms. The van der Waals surface area contributed by atoms with Crippen molar-refractivity contribution in [3.8, 4) is 11.5 Å². The van der Waals surface area contributed by atoms with Gasteiger partial charge in [0, 0.05) is 5.33 Å². The lowest BCUT2D eigenvalue weighted by Crippen LogP contribution is -1.98. The third kappa shape index (κ3) is 7.89. The molecule has 0 amide bonds. The first-order valence-electron chi connectivity index (χ1n) is 7.41. The Bertz CT molecular complexity index is 411. The van der Waals surface area contributed by atoms with E-state index < -0.39 is 0 Å². The molecule has 2 nitrogen and oxygen atoms in total. The van der Waals surface area contributed by atoms with E-state index in [0.717, 1.165) is 38.8 Å². The van der Waals surface area contributed by atoms with Crippen molar-refractivity contribution in [2.24, 2.45) is 0 Å². The fourth-order valence-electron chi connectivity index (χ4n) is 2.04. The van der Waals surface area contributed by atoms with E-state index in [9.17, 15) is 0 Å². The molecule has 0 N–H and O–H groups in total. The summed E-state index contributed by atoms with van der Waals surface area (Å²) < 4.78 is 12.9. The highest BCUT2D eigenvalue weighted by atomic mass is 79.9. The predicted molar refractivity (Wildman–Crippen MR) is 100 cm³/mol. The third-order valence-electron chi connectivity index (χ3n) is 3.24. The smallest absolute Gasteiger partial charge is 0.134 e. The van der Waals surface area contributed by atoms with Gasteiger partial charge in [-0.05, 0) is 56.8 Å². The molecule has 1 aromatic carbocycles. The molecule has 0 unspecified atom stereocenters. The molecule has 1 aromatic rings. The van der Waals surface area contributed by atoms with Crippen molar-refractivity contribution in [3.63, 3.8) is 0 Å². The zero-order valence-electron chi connectivity index (χ0n) is 12.5. The second-order valence-corrected chi connectivity index (χ2v) is 7.43. The second-order valence-electron chi connectivity index (χ2n) is 4.93. The Hall–Kier alpha value is 0.260. The molecule has 0 aliphatic heterocycles. The van der Waals surface area contributed by atoms with Gasteiger partial charge in [0.15, 0.2) is 0 Å². The predicted octanol–water partition coefficient (Wildman–Crippen LogP) is 6.72.